The highest BCUT2D eigenvalue weighted by molar-refractivity contribution is 7.09. The van der Waals surface area contributed by atoms with Crippen LogP contribution in [-0.2, 0) is 6.54 Å². The van der Waals surface area contributed by atoms with Gasteiger partial charge in [0.15, 0.2) is 0 Å². The van der Waals surface area contributed by atoms with Gasteiger partial charge in [0.2, 0.25) is 0 Å². The SMILES string of the molecule is CCNCC(C)CNCc1nccs1. The van der Waals surface area contributed by atoms with Gasteiger partial charge in [-0.2, -0.15) is 0 Å². The summed E-state index contributed by atoms with van der Waals surface area (Å²) in [7, 11) is 0. The van der Waals surface area contributed by atoms with E-state index < -0.39 is 0 Å². The van der Waals surface area contributed by atoms with E-state index >= 15 is 0 Å². The van der Waals surface area contributed by atoms with Gasteiger partial charge in [-0.05, 0) is 25.6 Å². The fraction of sp³-hybridized carbons (Fsp3) is 0.700. The molecule has 0 saturated heterocycles. The van der Waals surface area contributed by atoms with Crippen molar-refractivity contribution >= 4 is 11.3 Å². The molecule has 1 unspecified atom stereocenters. The van der Waals surface area contributed by atoms with Gasteiger partial charge in [0.1, 0.15) is 5.01 Å². The van der Waals surface area contributed by atoms with Crippen molar-refractivity contribution in [2.24, 2.45) is 5.92 Å². The molecule has 1 atom stereocenters. The highest BCUT2D eigenvalue weighted by Crippen LogP contribution is 2.02. The molecular formula is C10H19N3S. The number of aromatic nitrogens is 1. The van der Waals surface area contributed by atoms with Crippen molar-refractivity contribution in [1.29, 1.82) is 0 Å². The van der Waals surface area contributed by atoms with Gasteiger partial charge < -0.3 is 10.6 Å². The molecule has 0 radical (unpaired) electrons. The molecule has 0 aliphatic heterocycles. The number of hydrogen-bond donors (Lipinski definition) is 2. The van der Waals surface area contributed by atoms with E-state index in [1.807, 2.05) is 11.6 Å². The van der Waals surface area contributed by atoms with Crippen LogP contribution in [0, 0.1) is 5.92 Å². The Hall–Kier alpha value is -0.450. The van der Waals surface area contributed by atoms with Crippen LogP contribution in [-0.4, -0.2) is 24.6 Å². The summed E-state index contributed by atoms with van der Waals surface area (Å²) in [6.45, 7) is 8.46. The zero-order chi connectivity index (χ0) is 10.2. The Morgan fingerprint density at radius 1 is 1.43 bits per heavy atom. The van der Waals surface area contributed by atoms with Crippen molar-refractivity contribution in [2.75, 3.05) is 19.6 Å². The largest absolute Gasteiger partial charge is 0.317 e. The molecular weight excluding hydrogens is 194 g/mol. The monoisotopic (exact) mass is 213 g/mol. The smallest absolute Gasteiger partial charge is 0.106 e. The molecule has 0 bridgehead atoms. The first-order chi connectivity index (χ1) is 6.83. The first-order valence-electron chi connectivity index (χ1n) is 5.12. The van der Waals surface area contributed by atoms with Crippen LogP contribution in [0.4, 0.5) is 0 Å². The summed E-state index contributed by atoms with van der Waals surface area (Å²) in [5.74, 6) is 0.676. The maximum Gasteiger partial charge on any atom is 0.106 e. The van der Waals surface area contributed by atoms with Crippen LogP contribution in [0.15, 0.2) is 11.6 Å². The van der Waals surface area contributed by atoms with Crippen molar-refractivity contribution in [3.63, 3.8) is 0 Å². The minimum absolute atomic E-state index is 0.676. The van der Waals surface area contributed by atoms with Gasteiger partial charge in [-0.15, -0.1) is 11.3 Å². The molecule has 3 nitrogen and oxygen atoms in total. The van der Waals surface area contributed by atoms with Crippen molar-refractivity contribution in [3.8, 4) is 0 Å². The molecule has 0 aliphatic carbocycles. The fourth-order valence-corrected chi connectivity index (χ4v) is 1.81. The van der Waals surface area contributed by atoms with Crippen LogP contribution in [0.1, 0.15) is 18.9 Å². The Bertz CT molecular complexity index is 223. The Kier molecular flexibility index (Phi) is 5.75. The van der Waals surface area contributed by atoms with E-state index in [4.69, 9.17) is 0 Å². The Balaban J connectivity index is 2.03. The van der Waals surface area contributed by atoms with Gasteiger partial charge in [-0.3, -0.25) is 0 Å². The van der Waals surface area contributed by atoms with Gasteiger partial charge in [-0.25, -0.2) is 4.98 Å². The molecule has 1 heterocycles. The molecule has 80 valence electrons. The Morgan fingerprint density at radius 3 is 2.86 bits per heavy atom. The predicted molar refractivity (Wildman–Crippen MR) is 61.5 cm³/mol. The van der Waals surface area contributed by atoms with Gasteiger partial charge in [0, 0.05) is 18.1 Å². The molecule has 0 aromatic carbocycles. The van der Waals surface area contributed by atoms with Crippen molar-refractivity contribution in [1.82, 2.24) is 15.6 Å². The van der Waals surface area contributed by atoms with Gasteiger partial charge in [-0.1, -0.05) is 13.8 Å². The Morgan fingerprint density at radius 2 is 2.21 bits per heavy atom. The lowest BCUT2D eigenvalue weighted by Gasteiger charge is -2.11. The van der Waals surface area contributed by atoms with E-state index in [-0.39, 0.29) is 0 Å². The minimum atomic E-state index is 0.676. The molecule has 1 aromatic rings. The van der Waals surface area contributed by atoms with Crippen molar-refractivity contribution in [2.45, 2.75) is 20.4 Å². The number of thiazole rings is 1. The predicted octanol–water partition coefficient (Wildman–Crippen LogP) is 1.48. The summed E-state index contributed by atoms with van der Waals surface area (Å²) in [4.78, 5) is 4.22. The number of nitrogens with zero attached hydrogens (tertiary/aromatic N) is 1. The second-order valence-electron chi connectivity index (χ2n) is 3.47. The van der Waals surface area contributed by atoms with Crippen LogP contribution in [0.5, 0.6) is 0 Å². The lowest BCUT2D eigenvalue weighted by atomic mass is 10.2. The Labute approximate surface area is 89.9 Å². The first-order valence-corrected chi connectivity index (χ1v) is 6.00. The van der Waals surface area contributed by atoms with Gasteiger partial charge >= 0.3 is 0 Å². The second kappa shape index (κ2) is 6.92. The quantitative estimate of drug-likeness (QED) is 0.720. The first kappa shape index (κ1) is 11.6. The summed E-state index contributed by atoms with van der Waals surface area (Å²) in [5, 5.41) is 9.92. The molecule has 14 heavy (non-hydrogen) atoms. The average molecular weight is 213 g/mol. The van der Waals surface area contributed by atoms with E-state index in [1.54, 1.807) is 11.3 Å². The van der Waals surface area contributed by atoms with Crippen molar-refractivity contribution < 1.29 is 0 Å². The van der Waals surface area contributed by atoms with E-state index in [2.05, 4.69) is 29.5 Å². The summed E-state index contributed by atoms with van der Waals surface area (Å²) in [6, 6.07) is 0. The number of nitrogens with one attached hydrogen (secondary N) is 2. The van der Waals surface area contributed by atoms with E-state index in [0.29, 0.717) is 5.92 Å². The molecule has 0 aliphatic rings. The molecule has 1 rings (SSSR count). The second-order valence-corrected chi connectivity index (χ2v) is 4.45. The summed E-state index contributed by atoms with van der Waals surface area (Å²) in [5.41, 5.74) is 0. The molecule has 0 fully saturated rings. The maximum atomic E-state index is 4.22. The standard InChI is InChI=1S/C10H19N3S/c1-3-11-6-9(2)7-12-8-10-13-4-5-14-10/h4-5,9,11-12H,3,6-8H2,1-2H3. The normalized spacial score (nSPS) is 13.0. The van der Waals surface area contributed by atoms with Crippen LogP contribution < -0.4 is 10.6 Å². The lowest BCUT2D eigenvalue weighted by Crippen LogP contribution is -2.29. The highest BCUT2D eigenvalue weighted by Gasteiger charge is 2.00. The summed E-state index contributed by atoms with van der Waals surface area (Å²) in [6.07, 6.45) is 1.85. The molecule has 2 N–H and O–H groups in total. The summed E-state index contributed by atoms with van der Waals surface area (Å²) >= 11 is 1.70. The molecule has 4 heteroatoms. The van der Waals surface area contributed by atoms with E-state index in [1.165, 1.54) is 5.01 Å². The topological polar surface area (TPSA) is 37.0 Å². The van der Waals surface area contributed by atoms with Crippen molar-refractivity contribution in [3.05, 3.63) is 16.6 Å². The molecule has 0 amide bonds. The van der Waals surface area contributed by atoms with Crippen LogP contribution >= 0.6 is 11.3 Å². The van der Waals surface area contributed by atoms with Gasteiger partial charge in [0.25, 0.3) is 0 Å². The third-order valence-electron chi connectivity index (χ3n) is 2.00. The van der Waals surface area contributed by atoms with Crippen LogP contribution in [0.3, 0.4) is 0 Å². The molecule has 1 aromatic heterocycles. The average Bonchev–Trinajstić information content (AvgIpc) is 2.67. The number of rotatable bonds is 7. The highest BCUT2D eigenvalue weighted by atomic mass is 32.1. The number of hydrogen-bond acceptors (Lipinski definition) is 4. The van der Waals surface area contributed by atoms with E-state index in [9.17, 15) is 0 Å². The molecule has 0 saturated carbocycles. The van der Waals surface area contributed by atoms with Crippen LogP contribution in [0.2, 0.25) is 0 Å². The zero-order valence-electron chi connectivity index (χ0n) is 8.92. The summed E-state index contributed by atoms with van der Waals surface area (Å²) < 4.78 is 0. The van der Waals surface area contributed by atoms with E-state index in [0.717, 1.165) is 26.2 Å². The molecule has 0 spiro atoms. The lowest BCUT2D eigenvalue weighted by molar-refractivity contribution is 0.479. The fourth-order valence-electron chi connectivity index (χ4n) is 1.23. The third-order valence-corrected chi connectivity index (χ3v) is 2.77. The maximum absolute atomic E-state index is 4.22. The van der Waals surface area contributed by atoms with Gasteiger partial charge in [0.05, 0.1) is 0 Å². The zero-order valence-corrected chi connectivity index (χ0v) is 9.73. The minimum Gasteiger partial charge on any atom is -0.317 e. The van der Waals surface area contributed by atoms with Crippen LogP contribution in [0.25, 0.3) is 0 Å². The third kappa shape index (κ3) is 4.69.